The lowest BCUT2D eigenvalue weighted by atomic mass is 10.2. The van der Waals surface area contributed by atoms with Gasteiger partial charge in [0.1, 0.15) is 0 Å². The van der Waals surface area contributed by atoms with Gasteiger partial charge in [0.15, 0.2) is 18.1 Å². The van der Waals surface area contributed by atoms with Gasteiger partial charge in [0, 0.05) is 12.6 Å². The summed E-state index contributed by atoms with van der Waals surface area (Å²) in [6.07, 6.45) is 1.99. The Morgan fingerprint density at radius 1 is 1.40 bits per heavy atom. The second-order valence-corrected chi connectivity index (χ2v) is 4.74. The molecule has 0 bridgehead atoms. The highest BCUT2D eigenvalue weighted by Gasteiger charge is 2.10. The van der Waals surface area contributed by atoms with Gasteiger partial charge < -0.3 is 20.5 Å². The Kier molecular flexibility index (Phi) is 6.87. The molecule has 0 aliphatic carbocycles. The highest BCUT2D eigenvalue weighted by atomic mass is 16.5. The number of rotatable bonds is 8. The molecule has 0 saturated carbocycles. The van der Waals surface area contributed by atoms with Crippen molar-refractivity contribution in [1.82, 2.24) is 5.32 Å². The number of methoxy groups -OCH3 is 1. The van der Waals surface area contributed by atoms with Crippen molar-refractivity contribution in [3.63, 3.8) is 0 Å². The Morgan fingerprint density at radius 2 is 2.15 bits per heavy atom. The highest BCUT2D eigenvalue weighted by molar-refractivity contribution is 5.77. The summed E-state index contributed by atoms with van der Waals surface area (Å²) in [6.45, 7) is 4.46. The summed E-state index contributed by atoms with van der Waals surface area (Å²) in [4.78, 5) is 11.8. The lowest BCUT2D eigenvalue weighted by Gasteiger charge is -2.15. The van der Waals surface area contributed by atoms with E-state index in [2.05, 4.69) is 12.2 Å². The number of carbonyl (C=O) groups excluding carboxylic acids is 1. The van der Waals surface area contributed by atoms with E-state index in [1.165, 1.54) is 0 Å². The Bertz CT molecular complexity index is 435. The van der Waals surface area contributed by atoms with Crippen LogP contribution in [0.15, 0.2) is 18.2 Å². The first kappa shape index (κ1) is 16.3. The zero-order valence-electron chi connectivity index (χ0n) is 12.4. The van der Waals surface area contributed by atoms with E-state index in [1.807, 2.05) is 13.0 Å². The van der Waals surface area contributed by atoms with Crippen molar-refractivity contribution in [2.24, 2.45) is 5.73 Å². The average molecular weight is 280 g/mol. The molecule has 0 aliphatic rings. The molecule has 1 aromatic rings. The van der Waals surface area contributed by atoms with E-state index in [4.69, 9.17) is 15.2 Å². The summed E-state index contributed by atoms with van der Waals surface area (Å²) in [5.74, 6) is 0.997. The molecule has 0 spiro atoms. The zero-order chi connectivity index (χ0) is 15.0. The highest BCUT2D eigenvalue weighted by Crippen LogP contribution is 2.27. The van der Waals surface area contributed by atoms with Crippen LogP contribution in [0.25, 0.3) is 0 Å². The third-order valence-corrected chi connectivity index (χ3v) is 2.95. The monoisotopic (exact) mass is 280 g/mol. The largest absolute Gasteiger partial charge is 0.493 e. The number of amides is 1. The molecule has 5 heteroatoms. The topological polar surface area (TPSA) is 73.6 Å². The molecule has 0 fully saturated rings. The predicted octanol–water partition coefficient (Wildman–Crippen LogP) is 1.84. The number of benzene rings is 1. The third-order valence-electron chi connectivity index (χ3n) is 2.95. The van der Waals surface area contributed by atoms with Gasteiger partial charge in [-0.2, -0.15) is 0 Å². The summed E-state index contributed by atoms with van der Waals surface area (Å²) < 4.78 is 10.7. The van der Waals surface area contributed by atoms with Crippen LogP contribution in [0.1, 0.15) is 32.3 Å². The molecular formula is C15H24N2O3. The van der Waals surface area contributed by atoms with Gasteiger partial charge in [0.2, 0.25) is 0 Å². The second kappa shape index (κ2) is 8.43. The summed E-state index contributed by atoms with van der Waals surface area (Å²) in [5, 5.41) is 2.89. The van der Waals surface area contributed by atoms with E-state index < -0.39 is 0 Å². The first-order valence-corrected chi connectivity index (χ1v) is 6.89. The Hall–Kier alpha value is -1.75. The van der Waals surface area contributed by atoms with Crippen LogP contribution in [0.3, 0.4) is 0 Å². The van der Waals surface area contributed by atoms with Gasteiger partial charge >= 0.3 is 0 Å². The number of nitrogens with two attached hydrogens (primary N) is 1. The minimum Gasteiger partial charge on any atom is -0.493 e. The van der Waals surface area contributed by atoms with E-state index in [-0.39, 0.29) is 18.6 Å². The zero-order valence-corrected chi connectivity index (χ0v) is 12.4. The van der Waals surface area contributed by atoms with E-state index in [0.717, 1.165) is 18.4 Å². The summed E-state index contributed by atoms with van der Waals surface area (Å²) in [6, 6.07) is 5.61. The van der Waals surface area contributed by atoms with Crippen LogP contribution < -0.4 is 20.5 Å². The molecule has 112 valence electrons. The standard InChI is InChI=1S/C15H24N2O3/c1-4-5-11(2)17-15(18)10-20-14-8-12(9-16)6-7-13(14)19-3/h6-8,11H,4-5,9-10,16H2,1-3H3,(H,17,18). The second-order valence-electron chi connectivity index (χ2n) is 4.74. The van der Waals surface area contributed by atoms with Crippen molar-refractivity contribution in [2.75, 3.05) is 13.7 Å². The van der Waals surface area contributed by atoms with Crippen LogP contribution in [0, 0.1) is 0 Å². The molecule has 1 aromatic carbocycles. The normalized spacial score (nSPS) is 11.8. The van der Waals surface area contributed by atoms with E-state index in [9.17, 15) is 4.79 Å². The van der Waals surface area contributed by atoms with E-state index in [1.54, 1.807) is 19.2 Å². The number of carbonyl (C=O) groups is 1. The van der Waals surface area contributed by atoms with Crippen LogP contribution in [-0.4, -0.2) is 25.7 Å². The van der Waals surface area contributed by atoms with Crippen molar-refractivity contribution in [3.05, 3.63) is 23.8 Å². The van der Waals surface area contributed by atoms with Gasteiger partial charge in [-0.1, -0.05) is 19.4 Å². The minimum atomic E-state index is -0.133. The van der Waals surface area contributed by atoms with E-state index >= 15 is 0 Å². The Morgan fingerprint density at radius 3 is 2.75 bits per heavy atom. The van der Waals surface area contributed by atoms with Gasteiger partial charge in [0.05, 0.1) is 7.11 Å². The molecule has 5 nitrogen and oxygen atoms in total. The van der Waals surface area contributed by atoms with E-state index in [0.29, 0.717) is 18.0 Å². The summed E-state index contributed by atoms with van der Waals surface area (Å²) in [7, 11) is 1.56. The molecule has 0 heterocycles. The number of nitrogens with one attached hydrogen (secondary N) is 1. The molecular weight excluding hydrogens is 256 g/mol. The van der Waals surface area contributed by atoms with Crippen LogP contribution in [0.2, 0.25) is 0 Å². The Labute approximate surface area is 120 Å². The molecule has 1 amide bonds. The maximum Gasteiger partial charge on any atom is 0.258 e. The number of hydrogen-bond acceptors (Lipinski definition) is 4. The number of ether oxygens (including phenoxy) is 2. The van der Waals surface area contributed by atoms with Gasteiger partial charge in [-0.3, -0.25) is 4.79 Å². The lowest BCUT2D eigenvalue weighted by molar-refractivity contribution is -0.123. The molecule has 0 aromatic heterocycles. The van der Waals surface area contributed by atoms with Gasteiger partial charge in [0.25, 0.3) is 5.91 Å². The maximum absolute atomic E-state index is 11.8. The fraction of sp³-hybridized carbons (Fsp3) is 0.533. The van der Waals surface area contributed by atoms with Crippen LogP contribution in [-0.2, 0) is 11.3 Å². The van der Waals surface area contributed by atoms with Crippen LogP contribution in [0.5, 0.6) is 11.5 Å². The van der Waals surface area contributed by atoms with Gasteiger partial charge in [-0.25, -0.2) is 0 Å². The fourth-order valence-corrected chi connectivity index (χ4v) is 1.93. The molecule has 1 rings (SSSR count). The quantitative estimate of drug-likeness (QED) is 0.762. The third kappa shape index (κ3) is 5.09. The summed E-state index contributed by atoms with van der Waals surface area (Å²) in [5.41, 5.74) is 6.52. The van der Waals surface area contributed by atoms with Crippen molar-refractivity contribution in [2.45, 2.75) is 39.3 Å². The smallest absolute Gasteiger partial charge is 0.258 e. The van der Waals surface area contributed by atoms with Gasteiger partial charge in [-0.15, -0.1) is 0 Å². The molecule has 1 unspecified atom stereocenters. The minimum absolute atomic E-state index is 0.0293. The molecule has 0 radical (unpaired) electrons. The molecule has 3 N–H and O–H groups in total. The van der Waals surface area contributed by atoms with Crippen molar-refractivity contribution in [1.29, 1.82) is 0 Å². The van der Waals surface area contributed by atoms with Crippen LogP contribution in [0.4, 0.5) is 0 Å². The average Bonchev–Trinajstić information content (AvgIpc) is 2.44. The van der Waals surface area contributed by atoms with Crippen molar-refractivity contribution >= 4 is 5.91 Å². The molecule has 20 heavy (non-hydrogen) atoms. The van der Waals surface area contributed by atoms with Crippen molar-refractivity contribution < 1.29 is 14.3 Å². The molecule has 0 saturated heterocycles. The fourth-order valence-electron chi connectivity index (χ4n) is 1.93. The summed E-state index contributed by atoms with van der Waals surface area (Å²) >= 11 is 0. The van der Waals surface area contributed by atoms with Crippen LogP contribution >= 0.6 is 0 Å². The van der Waals surface area contributed by atoms with Gasteiger partial charge in [-0.05, 0) is 31.0 Å². The maximum atomic E-state index is 11.8. The van der Waals surface area contributed by atoms with Crippen molar-refractivity contribution in [3.8, 4) is 11.5 Å². The predicted molar refractivity (Wildman–Crippen MR) is 78.9 cm³/mol. The lowest BCUT2D eigenvalue weighted by Crippen LogP contribution is -2.36. The molecule has 1 atom stereocenters. The Balaban J connectivity index is 2.57. The number of hydrogen-bond donors (Lipinski definition) is 2. The first-order chi connectivity index (χ1) is 9.60. The SMILES string of the molecule is CCCC(C)NC(=O)COc1cc(CN)ccc1OC. The molecule has 0 aliphatic heterocycles. The first-order valence-electron chi connectivity index (χ1n) is 6.89.